The van der Waals surface area contributed by atoms with E-state index in [2.05, 4.69) is 56.2 Å². The number of nitrogens with zero attached hydrogens (tertiary/aromatic N) is 6. The number of fused-ring (bicyclic) bond motifs is 3. The smallest absolute Gasteiger partial charge is 0.203 e. The molecule has 122 valence electrons. The molecule has 2 atom stereocenters. The zero-order valence-electron chi connectivity index (χ0n) is 13.7. The van der Waals surface area contributed by atoms with Gasteiger partial charge in [0.1, 0.15) is 6.33 Å². The fourth-order valence-electron chi connectivity index (χ4n) is 4.20. The normalized spacial score (nSPS) is 23.5. The van der Waals surface area contributed by atoms with Crippen LogP contribution in [-0.2, 0) is 6.54 Å². The van der Waals surface area contributed by atoms with Crippen LogP contribution in [0.2, 0.25) is 0 Å². The molecule has 0 saturated carbocycles. The van der Waals surface area contributed by atoms with Crippen molar-refractivity contribution in [3.05, 3.63) is 54.1 Å². The van der Waals surface area contributed by atoms with E-state index in [4.69, 9.17) is 0 Å². The quantitative estimate of drug-likeness (QED) is 0.738. The molecule has 24 heavy (non-hydrogen) atoms. The van der Waals surface area contributed by atoms with E-state index in [1.807, 2.05) is 16.8 Å². The molecule has 2 bridgehead atoms. The summed E-state index contributed by atoms with van der Waals surface area (Å²) >= 11 is 0. The van der Waals surface area contributed by atoms with Gasteiger partial charge < -0.3 is 4.90 Å². The summed E-state index contributed by atoms with van der Waals surface area (Å²) in [6, 6.07) is 9.96. The van der Waals surface area contributed by atoms with Gasteiger partial charge in [-0.2, -0.15) is 0 Å². The lowest BCUT2D eigenvalue weighted by atomic mass is 10.1. The second-order valence-corrected chi connectivity index (χ2v) is 6.93. The lowest BCUT2D eigenvalue weighted by Crippen LogP contribution is -2.46. The van der Waals surface area contributed by atoms with Crippen LogP contribution in [-0.4, -0.2) is 49.7 Å². The first-order valence-electron chi connectivity index (χ1n) is 8.48. The van der Waals surface area contributed by atoms with E-state index in [1.54, 1.807) is 6.33 Å². The average Bonchev–Trinajstić information content (AvgIpc) is 3.29. The van der Waals surface area contributed by atoms with Crippen molar-refractivity contribution < 1.29 is 0 Å². The number of aromatic nitrogens is 4. The molecule has 2 aromatic heterocycles. The van der Waals surface area contributed by atoms with Gasteiger partial charge in [-0.05, 0) is 18.9 Å². The first-order chi connectivity index (χ1) is 11.8. The Morgan fingerprint density at radius 2 is 2.17 bits per heavy atom. The molecule has 4 heterocycles. The van der Waals surface area contributed by atoms with Crippen molar-refractivity contribution in [2.45, 2.75) is 32.0 Å². The third kappa shape index (κ3) is 2.17. The van der Waals surface area contributed by atoms with Crippen LogP contribution in [0, 0.1) is 6.92 Å². The number of aryl methyl sites for hydroxylation is 1. The van der Waals surface area contributed by atoms with Crippen LogP contribution in [0.1, 0.15) is 17.5 Å². The van der Waals surface area contributed by atoms with Crippen LogP contribution in [0.3, 0.4) is 0 Å². The first-order valence-corrected chi connectivity index (χ1v) is 8.48. The molecule has 0 radical (unpaired) electrons. The lowest BCUT2D eigenvalue weighted by Gasteiger charge is -2.34. The monoisotopic (exact) mass is 320 g/mol. The molecule has 0 aliphatic carbocycles. The van der Waals surface area contributed by atoms with Gasteiger partial charge in [0.25, 0.3) is 0 Å². The molecular weight excluding hydrogens is 300 g/mol. The Kier molecular flexibility index (Phi) is 3.06. The summed E-state index contributed by atoms with van der Waals surface area (Å²) in [5, 5.41) is 8.25. The number of piperazine rings is 1. The standard InChI is InChI=1S/C18H20N6/c1-13-3-2-4-14(7-13)9-23-10-16-8-15(23)11-24(16)17-18-21-20-12-22(18)6-5-19-17/h2-7,12,15-16H,8-11H2,1H3. The highest BCUT2D eigenvalue weighted by molar-refractivity contribution is 5.64. The number of anilines is 1. The highest BCUT2D eigenvalue weighted by Crippen LogP contribution is 2.35. The van der Waals surface area contributed by atoms with Crippen LogP contribution >= 0.6 is 0 Å². The largest absolute Gasteiger partial charge is 0.348 e. The minimum Gasteiger partial charge on any atom is -0.348 e. The molecule has 3 aromatic rings. The van der Waals surface area contributed by atoms with Crippen LogP contribution in [0.5, 0.6) is 0 Å². The Labute approximate surface area is 140 Å². The molecule has 0 spiro atoms. The third-order valence-electron chi connectivity index (χ3n) is 5.29. The van der Waals surface area contributed by atoms with Crippen molar-refractivity contribution in [1.82, 2.24) is 24.5 Å². The third-order valence-corrected chi connectivity index (χ3v) is 5.29. The van der Waals surface area contributed by atoms with Crippen LogP contribution in [0.4, 0.5) is 5.82 Å². The Morgan fingerprint density at radius 3 is 3.00 bits per heavy atom. The fraction of sp³-hybridized carbons (Fsp3) is 0.389. The highest BCUT2D eigenvalue weighted by atomic mass is 15.4. The minimum atomic E-state index is 0.523. The molecule has 2 aliphatic heterocycles. The molecule has 0 N–H and O–H groups in total. The van der Waals surface area contributed by atoms with Gasteiger partial charge in [0.15, 0.2) is 5.82 Å². The second-order valence-electron chi connectivity index (χ2n) is 6.93. The Morgan fingerprint density at radius 1 is 1.21 bits per heavy atom. The molecule has 2 unspecified atom stereocenters. The van der Waals surface area contributed by atoms with Crippen molar-refractivity contribution >= 4 is 11.5 Å². The predicted octanol–water partition coefficient (Wildman–Crippen LogP) is 1.90. The number of rotatable bonds is 3. The minimum absolute atomic E-state index is 0.523. The fourth-order valence-corrected chi connectivity index (χ4v) is 4.20. The van der Waals surface area contributed by atoms with Crippen molar-refractivity contribution in [3.8, 4) is 0 Å². The van der Waals surface area contributed by atoms with Crippen molar-refractivity contribution in [3.63, 3.8) is 0 Å². The van der Waals surface area contributed by atoms with E-state index in [9.17, 15) is 0 Å². The Hall–Kier alpha value is -2.47. The summed E-state index contributed by atoms with van der Waals surface area (Å²) in [7, 11) is 0. The zero-order chi connectivity index (χ0) is 16.1. The molecule has 5 rings (SSSR count). The van der Waals surface area contributed by atoms with E-state index in [-0.39, 0.29) is 0 Å². The molecule has 6 nitrogen and oxygen atoms in total. The maximum atomic E-state index is 4.58. The summed E-state index contributed by atoms with van der Waals surface area (Å²) in [6.45, 7) is 5.32. The van der Waals surface area contributed by atoms with E-state index >= 15 is 0 Å². The van der Waals surface area contributed by atoms with Crippen molar-refractivity contribution in [1.29, 1.82) is 0 Å². The summed E-state index contributed by atoms with van der Waals surface area (Å²) < 4.78 is 1.94. The highest BCUT2D eigenvalue weighted by Gasteiger charge is 2.44. The van der Waals surface area contributed by atoms with Crippen LogP contribution in [0.25, 0.3) is 5.65 Å². The number of hydrogen-bond donors (Lipinski definition) is 0. The molecule has 6 heteroatoms. The maximum absolute atomic E-state index is 4.58. The van der Waals surface area contributed by atoms with Crippen LogP contribution in [0.15, 0.2) is 43.0 Å². The maximum Gasteiger partial charge on any atom is 0.203 e. The molecule has 2 saturated heterocycles. The van der Waals surface area contributed by atoms with E-state index in [1.165, 1.54) is 17.5 Å². The van der Waals surface area contributed by atoms with Gasteiger partial charge in [-0.3, -0.25) is 9.30 Å². The van der Waals surface area contributed by atoms with Gasteiger partial charge in [0, 0.05) is 44.1 Å². The molecular formula is C18H20N6. The second kappa shape index (κ2) is 5.27. The summed E-state index contributed by atoms with van der Waals surface area (Å²) in [4.78, 5) is 9.61. The molecule has 2 aliphatic rings. The SMILES string of the molecule is Cc1cccc(CN2CC3CC2CN3c2nccn3cnnc23)c1. The Bertz CT molecular complexity index is 888. The van der Waals surface area contributed by atoms with Gasteiger partial charge in [-0.15, -0.1) is 10.2 Å². The van der Waals surface area contributed by atoms with Crippen LogP contribution < -0.4 is 4.90 Å². The van der Waals surface area contributed by atoms with E-state index in [0.717, 1.165) is 31.1 Å². The first kappa shape index (κ1) is 13.9. The lowest BCUT2D eigenvalue weighted by molar-refractivity contribution is 0.230. The Balaban J connectivity index is 1.36. The topological polar surface area (TPSA) is 49.6 Å². The van der Waals surface area contributed by atoms with Gasteiger partial charge >= 0.3 is 0 Å². The summed E-state index contributed by atoms with van der Waals surface area (Å²) in [6.07, 6.45) is 6.68. The van der Waals surface area contributed by atoms with Gasteiger partial charge in [-0.1, -0.05) is 29.8 Å². The molecule has 1 aromatic carbocycles. The molecule has 2 fully saturated rings. The summed E-state index contributed by atoms with van der Waals surface area (Å²) in [5.74, 6) is 0.970. The predicted molar refractivity (Wildman–Crippen MR) is 91.9 cm³/mol. The number of likely N-dealkylation sites (tertiary alicyclic amines) is 1. The number of hydrogen-bond acceptors (Lipinski definition) is 5. The van der Waals surface area contributed by atoms with E-state index in [0.29, 0.717) is 12.1 Å². The average molecular weight is 320 g/mol. The van der Waals surface area contributed by atoms with Crippen molar-refractivity contribution in [2.75, 3.05) is 18.0 Å². The number of benzene rings is 1. The summed E-state index contributed by atoms with van der Waals surface area (Å²) in [5.41, 5.74) is 3.60. The zero-order valence-corrected chi connectivity index (χ0v) is 13.7. The van der Waals surface area contributed by atoms with Crippen molar-refractivity contribution in [2.24, 2.45) is 0 Å². The van der Waals surface area contributed by atoms with Gasteiger partial charge in [0.2, 0.25) is 5.65 Å². The van der Waals surface area contributed by atoms with E-state index < -0.39 is 0 Å². The van der Waals surface area contributed by atoms with Gasteiger partial charge in [0.05, 0.1) is 0 Å². The molecule has 0 amide bonds. The van der Waals surface area contributed by atoms with Gasteiger partial charge in [-0.25, -0.2) is 4.98 Å².